The van der Waals surface area contributed by atoms with E-state index in [-0.39, 0.29) is 5.91 Å². The number of carbonyl (C=O) groups is 1. The molecule has 0 radical (unpaired) electrons. The third-order valence-corrected chi connectivity index (χ3v) is 3.82. The Bertz CT molecular complexity index is 660. The summed E-state index contributed by atoms with van der Waals surface area (Å²) in [5.74, 6) is 1.17. The van der Waals surface area contributed by atoms with Gasteiger partial charge in [-0.3, -0.25) is 4.79 Å². The number of nitrogens with zero attached hydrogens (tertiary/aromatic N) is 1. The van der Waals surface area contributed by atoms with Crippen LogP contribution in [0.5, 0.6) is 11.5 Å². The highest BCUT2D eigenvalue weighted by atomic mass is 79.9. The van der Waals surface area contributed by atoms with Crippen molar-refractivity contribution in [1.29, 1.82) is 0 Å². The molecule has 0 aliphatic rings. The molecule has 0 fully saturated rings. The molecule has 0 aliphatic carbocycles. The third-order valence-electron chi connectivity index (χ3n) is 3.33. The second-order valence-corrected chi connectivity index (χ2v) is 6.04. The first-order chi connectivity index (χ1) is 11.1. The summed E-state index contributed by atoms with van der Waals surface area (Å²) in [4.78, 5) is 14.3. The number of halogens is 1. The van der Waals surface area contributed by atoms with Crippen LogP contribution in [0.4, 0.5) is 0 Å². The van der Waals surface area contributed by atoms with Crippen molar-refractivity contribution in [3.05, 3.63) is 58.6 Å². The fraction of sp³-hybridized carbons (Fsp3) is 0.278. The van der Waals surface area contributed by atoms with Crippen molar-refractivity contribution in [2.75, 3.05) is 27.3 Å². The zero-order chi connectivity index (χ0) is 16.7. The van der Waals surface area contributed by atoms with E-state index in [1.165, 1.54) is 0 Å². The highest BCUT2D eigenvalue weighted by Crippen LogP contribution is 2.27. The molecule has 23 heavy (non-hydrogen) atoms. The molecule has 2 aromatic rings. The fourth-order valence-corrected chi connectivity index (χ4v) is 2.52. The van der Waals surface area contributed by atoms with E-state index in [9.17, 15) is 4.79 Å². The van der Waals surface area contributed by atoms with Crippen LogP contribution >= 0.6 is 15.9 Å². The zero-order valence-corrected chi connectivity index (χ0v) is 14.9. The SMILES string of the molecule is COCCCN(C)C(=O)c1ccccc1Oc1cccc(Br)c1. The molecule has 0 saturated carbocycles. The first-order valence-corrected chi connectivity index (χ1v) is 8.18. The lowest BCUT2D eigenvalue weighted by Gasteiger charge is -2.19. The predicted octanol–water partition coefficient (Wildman–Crippen LogP) is 4.35. The molecule has 0 N–H and O–H groups in total. The van der Waals surface area contributed by atoms with Gasteiger partial charge in [-0.25, -0.2) is 0 Å². The lowest BCUT2D eigenvalue weighted by Crippen LogP contribution is -2.28. The maximum absolute atomic E-state index is 12.6. The Hall–Kier alpha value is -1.85. The van der Waals surface area contributed by atoms with Crippen molar-refractivity contribution in [3.63, 3.8) is 0 Å². The Kier molecular flexibility index (Phi) is 6.62. The summed E-state index contributed by atoms with van der Waals surface area (Å²) in [7, 11) is 3.44. The quantitative estimate of drug-likeness (QED) is 0.673. The van der Waals surface area contributed by atoms with Crippen LogP contribution in [-0.2, 0) is 4.74 Å². The summed E-state index contributed by atoms with van der Waals surface area (Å²) in [6.07, 6.45) is 0.799. The summed E-state index contributed by atoms with van der Waals surface area (Å²) in [5.41, 5.74) is 0.549. The summed E-state index contributed by atoms with van der Waals surface area (Å²) in [6, 6.07) is 14.8. The third kappa shape index (κ3) is 5.08. The Labute approximate surface area is 145 Å². The lowest BCUT2D eigenvalue weighted by atomic mass is 10.1. The van der Waals surface area contributed by atoms with Gasteiger partial charge in [-0.1, -0.05) is 34.1 Å². The van der Waals surface area contributed by atoms with Crippen LogP contribution in [0, 0.1) is 0 Å². The Morgan fingerprint density at radius 2 is 1.96 bits per heavy atom. The van der Waals surface area contributed by atoms with Gasteiger partial charge in [0.15, 0.2) is 0 Å². The first-order valence-electron chi connectivity index (χ1n) is 7.38. The van der Waals surface area contributed by atoms with Crippen LogP contribution < -0.4 is 4.74 Å². The number of ether oxygens (including phenoxy) is 2. The smallest absolute Gasteiger partial charge is 0.257 e. The molecule has 1 amide bonds. The van der Waals surface area contributed by atoms with Crippen LogP contribution in [0.25, 0.3) is 0 Å². The molecule has 2 aromatic carbocycles. The van der Waals surface area contributed by atoms with E-state index in [2.05, 4.69) is 15.9 Å². The van der Waals surface area contributed by atoms with Crippen LogP contribution in [0.3, 0.4) is 0 Å². The van der Waals surface area contributed by atoms with Gasteiger partial charge in [-0.2, -0.15) is 0 Å². The van der Waals surface area contributed by atoms with Crippen molar-refractivity contribution in [1.82, 2.24) is 4.90 Å². The van der Waals surface area contributed by atoms with Crippen molar-refractivity contribution < 1.29 is 14.3 Å². The van der Waals surface area contributed by atoms with Crippen molar-refractivity contribution in [2.45, 2.75) is 6.42 Å². The molecule has 0 aliphatic heterocycles. The highest BCUT2D eigenvalue weighted by Gasteiger charge is 2.16. The topological polar surface area (TPSA) is 38.8 Å². The van der Waals surface area contributed by atoms with Gasteiger partial charge in [0.2, 0.25) is 0 Å². The number of benzene rings is 2. The van der Waals surface area contributed by atoms with E-state index in [1.54, 1.807) is 31.2 Å². The summed E-state index contributed by atoms with van der Waals surface area (Å²) >= 11 is 3.41. The molecule has 0 heterocycles. The molecular formula is C18H20BrNO3. The van der Waals surface area contributed by atoms with Crippen LogP contribution in [0.1, 0.15) is 16.8 Å². The van der Waals surface area contributed by atoms with E-state index in [0.717, 1.165) is 10.9 Å². The summed E-state index contributed by atoms with van der Waals surface area (Å²) in [5, 5.41) is 0. The summed E-state index contributed by atoms with van der Waals surface area (Å²) < 4.78 is 11.8. The molecule has 2 rings (SSSR count). The van der Waals surface area contributed by atoms with E-state index < -0.39 is 0 Å². The molecular weight excluding hydrogens is 358 g/mol. The van der Waals surface area contributed by atoms with Crippen LogP contribution in [0.2, 0.25) is 0 Å². The fourth-order valence-electron chi connectivity index (χ4n) is 2.14. The van der Waals surface area contributed by atoms with Gasteiger partial charge < -0.3 is 14.4 Å². The minimum absolute atomic E-state index is 0.0632. The highest BCUT2D eigenvalue weighted by molar-refractivity contribution is 9.10. The molecule has 0 spiro atoms. The second-order valence-electron chi connectivity index (χ2n) is 5.13. The van der Waals surface area contributed by atoms with Gasteiger partial charge in [0.1, 0.15) is 11.5 Å². The molecule has 4 nitrogen and oxygen atoms in total. The van der Waals surface area contributed by atoms with Gasteiger partial charge in [-0.15, -0.1) is 0 Å². The maximum Gasteiger partial charge on any atom is 0.257 e. The van der Waals surface area contributed by atoms with E-state index >= 15 is 0 Å². The van der Waals surface area contributed by atoms with E-state index in [0.29, 0.717) is 30.2 Å². The van der Waals surface area contributed by atoms with Crippen molar-refractivity contribution >= 4 is 21.8 Å². The zero-order valence-electron chi connectivity index (χ0n) is 13.3. The van der Waals surface area contributed by atoms with E-state index in [1.807, 2.05) is 36.4 Å². The van der Waals surface area contributed by atoms with Gasteiger partial charge in [0.05, 0.1) is 5.56 Å². The predicted molar refractivity (Wildman–Crippen MR) is 94.1 cm³/mol. The first kappa shape index (κ1) is 17.5. The Morgan fingerprint density at radius 1 is 1.17 bits per heavy atom. The van der Waals surface area contributed by atoms with Crippen molar-refractivity contribution in [2.24, 2.45) is 0 Å². The van der Waals surface area contributed by atoms with Crippen LogP contribution in [-0.4, -0.2) is 38.1 Å². The number of methoxy groups -OCH3 is 1. The number of rotatable bonds is 7. The average Bonchev–Trinajstić information content (AvgIpc) is 2.55. The van der Waals surface area contributed by atoms with Gasteiger partial charge in [0.25, 0.3) is 5.91 Å². The van der Waals surface area contributed by atoms with Gasteiger partial charge >= 0.3 is 0 Å². The monoisotopic (exact) mass is 377 g/mol. The number of amides is 1. The Morgan fingerprint density at radius 3 is 2.70 bits per heavy atom. The molecule has 0 aromatic heterocycles. The number of hydrogen-bond acceptors (Lipinski definition) is 3. The largest absolute Gasteiger partial charge is 0.456 e. The minimum atomic E-state index is -0.0632. The Balaban J connectivity index is 2.15. The minimum Gasteiger partial charge on any atom is -0.456 e. The second kappa shape index (κ2) is 8.70. The average molecular weight is 378 g/mol. The summed E-state index contributed by atoms with van der Waals surface area (Å²) in [6.45, 7) is 1.27. The molecule has 0 bridgehead atoms. The van der Waals surface area contributed by atoms with Crippen LogP contribution in [0.15, 0.2) is 53.0 Å². The van der Waals surface area contributed by atoms with Gasteiger partial charge in [0, 0.05) is 31.8 Å². The lowest BCUT2D eigenvalue weighted by molar-refractivity contribution is 0.0777. The molecule has 0 unspecified atom stereocenters. The normalized spacial score (nSPS) is 10.4. The van der Waals surface area contributed by atoms with E-state index in [4.69, 9.17) is 9.47 Å². The maximum atomic E-state index is 12.6. The number of carbonyl (C=O) groups excluding carboxylic acids is 1. The standard InChI is InChI=1S/C18H20BrNO3/c1-20(11-6-12-22-2)18(21)16-9-3-4-10-17(16)23-15-8-5-7-14(19)13-15/h3-5,7-10,13H,6,11-12H2,1-2H3. The van der Waals surface area contributed by atoms with Crippen molar-refractivity contribution in [3.8, 4) is 11.5 Å². The molecule has 5 heteroatoms. The number of hydrogen-bond donors (Lipinski definition) is 0. The van der Waals surface area contributed by atoms with Gasteiger partial charge in [-0.05, 0) is 36.8 Å². The molecule has 122 valence electrons. The molecule has 0 saturated heterocycles. The molecule has 0 atom stereocenters. The number of para-hydroxylation sites is 1.